The number of rotatable bonds is 3. The first kappa shape index (κ1) is 12.8. The maximum absolute atomic E-state index is 9.85. The lowest BCUT2D eigenvalue weighted by Gasteiger charge is -2.22. The van der Waals surface area contributed by atoms with Gasteiger partial charge in [0.2, 0.25) is 0 Å². The summed E-state index contributed by atoms with van der Waals surface area (Å²) in [7, 11) is 0. The van der Waals surface area contributed by atoms with Gasteiger partial charge in [0, 0.05) is 15.6 Å². The lowest BCUT2D eigenvalue weighted by molar-refractivity contribution is -0.00934. The molecule has 0 aliphatic heterocycles. The number of aliphatic hydroxyl groups excluding tert-OH is 2. The van der Waals surface area contributed by atoms with Gasteiger partial charge in [0.25, 0.3) is 0 Å². The highest BCUT2D eigenvalue weighted by Gasteiger charge is 2.23. The van der Waals surface area contributed by atoms with Crippen LogP contribution in [0.3, 0.4) is 0 Å². The van der Waals surface area contributed by atoms with Crippen LogP contribution >= 0.6 is 23.2 Å². The Balaban J connectivity index is 2.96. The highest BCUT2D eigenvalue weighted by Crippen LogP contribution is 2.29. The number of benzene rings is 1. The van der Waals surface area contributed by atoms with Crippen molar-refractivity contribution >= 4 is 23.2 Å². The Morgan fingerprint density at radius 3 is 2.20 bits per heavy atom. The third-order valence-corrected chi connectivity index (χ3v) is 2.85. The first-order valence-corrected chi connectivity index (χ1v) is 5.50. The number of hydrogen-bond acceptors (Lipinski definition) is 2. The summed E-state index contributed by atoms with van der Waals surface area (Å²) in [6, 6.07) is 4.81. The summed E-state index contributed by atoms with van der Waals surface area (Å²) in [6.45, 7) is 3.66. The molecule has 0 aliphatic rings. The van der Waals surface area contributed by atoms with E-state index in [0.29, 0.717) is 15.6 Å². The summed E-state index contributed by atoms with van der Waals surface area (Å²) in [5.41, 5.74) is 0.502. The Morgan fingerprint density at radius 2 is 1.73 bits per heavy atom. The van der Waals surface area contributed by atoms with Crippen molar-refractivity contribution < 1.29 is 10.2 Å². The van der Waals surface area contributed by atoms with Gasteiger partial charge in [-0.25, -0.2) is 0 Å². The van der Waals surface area contributed by atoms with Crippen molar-refractivity contribution in [2.24, 2.45) is 5.92 Å². The molecule has 4 heteroatoms. The van der Waals surface area contributed by atoms with Crippen LogP contribution in [-0.2, 0) is 0 Å². The smallest absolute Gasteiger partial charge is 0.107 e. The van der Waals surface area contributed by atoms with E-state index in [1.807, 2.05) is 13.8 Å². The second kappa shape index (κ2) is 5.17. The van der Waals surface area contributed by atoms with E-state index in [2.05, 4.69) is 0 Å². The Bertz CT molecular complexity index is 339. The number of halogens is 2. The van der Waals surface area contributed by atoms with Crippen LogP contribution in [0.1, 0.15) is 25.5 Å². The SMILES string of the molecule is CC(C)C(O)C(O)c1ccc(Cl)cc1Cl. The lowest BCUT2D eigenvalue weighted by Crippen LogP contribution is -2.24. The molecule has 0 spiro atoms. The van der Waals surface area contributed by atoms with Crippen LogP contribution in [0.25, 0.3) is 0 Å². The van der Waals surface area contributed by atoms with E-state index in [4.69, 9.17) is 23.2 Å². The van der Waals surface area contributed by atoms with Gasteiger partial charge in [-0.1, -0.05) is 43.1 Å². The Hall–Kier alpha value is -0.280. The third kappa shape index (κ3) is 3.08. The van der Waals surface area contributed by atoms with Crippen molar-refractivity contribution in [3.8, 4) is 0 Å². The van der Waals surface area contributed by atoms with E-state index in [1.165, 1.54) is 0 Å². The minimum absolute atomic E-state index is 0.0354. The monoisotopic (exact) mass is 248 g/mol. The summed E-state index contributed by atoms with van der Waals surface area (Å²) >= 11 is 11.7. The Morgan fingerprint density at radius 1 is 1.13 bits per heavy atom. The number of hydrogen-bond donors (Lipinski definition) is 2. The average Bonchev–Trinajstić information content (AvgIpc) is 2.15. The maximum Gasteiger partial charge on any atom is 0.107 e. The fourth-order valence-electron chi connectivity index (χ4n) is 1.29. The van der Waals surface area contributed by atoms with E-state index < -0.39 is 12.2 Å². The summed E-state index contributed by atoms with van der Waals surface area (Å²) in [5, 5.41) is 20.4. The van der Waals surface area contributed by atoms with Crippen molar-refractivity contribution in [3.05, 3.63) is 33.8 Å². The van der Waals surface area contributed by atoms with Gasteiger partial charge in [-0.05, 0) is 18.1 Å². The lowest BCUT2D eigenvalue weighted by atomic mass is 9.96. The zero-order chi connectivity index (χ0) is 11.6. The molecule has 2 nitrogen and oxygen atoms in total. The third-order valence-electron chi connectivity index (χ3n) is 2.29. The van der Waals surface area contributed by atoms with Gasteiger partial charge in [0.05, 0.1) is 6.10 Å². The molecule has 2 N–H and O–H groups in total. The van der Waals surface area contributed by atoms with E-state index in [0.717, 1.165) is 0 Å². The van der Waals surface area contributed by atoms with Crippen LogP contribution in [-0.4, -0.2) is 16.3 Å². The highest BCUT2D eigenvalue weighted by molar-refractivity contribution is 6.35. The van der Waals surface area contributed by atoms with Gasteiger partial charge in [0.1, 0.15) is 6.10 Å². The molecule has 0 aliphatic carbocycles. The molecule has 1 rings (SSSR count). The summed E-state index contributed by atoms with van der Waals surface area (Å²) < 4.78 is 0. The first-order chi connectivity index (χ1) is 6.93. The minimum Gasteiger partial charge on any atom is -0.390 e. The molecule has 0 aromatic heterocycles. The van der Waals surface area contributed by atoms with Crippen LogP contribution in [0.15, 0.2) is 18.2 Å². The van der Waals surface area contributed by atoms with E-state index >= 15 is 0 Å². The first-order valence-electron chi connectivity index (χ1n) is 4.74. The molecule has 1 aromatic rings. The van der Waals surface area contributed by atoms with Crippen molar-refractivity contribution in [1.82, 2.24) is 0 Å². The maximum atomic E-state index is 9.85. The molecule has 84 valence electrons. The zero-order valence-electron chi connectivity index (χ0n) is 8.61. The normalized spacial score (nSPS) is 15.4. The molecule has 0 amide bonds. The fraction of sp³-hybridized carbons (Fsp3) is 0.455. The van der Waals surface area contributed by atoms with Gasteiger partial charge >= 0.3 is 0 Å². The molecule has 0 fully saturated rings. The minimum atomic E-state index is -0.977. The van der Waals surface area contributed by atoms with Gasteiger partial charge in [-0.2, -0.15) is 0 Å². The van der Waals surface area contributed by atoms with Gasteiger partial charge in [0.15, 0.2) is 0 Å². The molecular formula is C11H14Cl2O2. The van der Waals surface area contributed by atoms with Gasteiger partial charge < -0.3 is 10.2 Å². The van der Waals surface area contributed by atoms with E-state index in [1.54, 1.807) is 18.2 Å². The Labute approximate surface area is 99.5 Å². The van der Waals surface area contributed by atoms with Crippen molar-refractivity contribution in [3.63, 3.8) is 0 Å². The molecule has 0 saturated heterocycles. The van der Waals surface area contributed by atoms with E-state index in [-0.39, 0.29) is 5.92 Å². The molecule has 15 heavy (non-hydrogen) atoms. The van der Waals surface area contributed by atoms with Crippen LogP contribution in [0.2, 0.25) is 10.0 Å². The van der Waals surface area contributed by atoms with Crippen molar-refractivity contribution in [2.45, 2.75) is 26.1 Å². The summed E-state index contributed by atoms with van der Waals surface area (Å²) in [4.78, 5) is 0. The Kier molecular flexibility index (Phi) is 4.41. The van der Waals surface area contributed by atoms with Crippen molar-refractivity contribution in [2.75, 3.05) is 0 Å². The molecule has 2 unspecified atom stereocenters. The largest absolute Gasteiger partial charge is 0.390 e. The van der Waals surface area contributed by atoms with Gasteiger partial charge in [-0.3, -0.25) is 0 Å². The topological polar surface area (TPSA) is 40.5 Å². The molecule has 0 saturated carbocycles. The quantitative estimate of drug-likeness (QED) is 0.864. The fourth-order valence-corrected chi connectivity index (χ4v) is 1.81. The second-order valence-corrected chi connectivity index (χ2v) is 4.69. The van der Waals surface area contributed by atoms with Crippen LogP contribution < -0.4 is 0 Å². The van der Waals surface area contributed by atoms with E-state index in [9.17, 15) is 10.2 Å². The molecular weight excluding hydrogens is 235 g/mol. The van der Waals surface area contributed by atoms with Crippen LogP contribution in [0.4, 0.5) is 0 Å². The predicted octanol–water partition coefficient (Wildman–Crippen LogP) is 3.04. The standard InChI is InChI=1S/C11H14Cl2O2/c1-6(2)10(14)11(15)8-4-3-7(12)5-9(8)13/h3-6,10-11,14-15H,1-2H3. The zero-order valence-corrected chi connectivity index (χ0v) is 10.1. The number of aliphatic hydroxyl groups is 2. The highest BCUT2D eigenvalue weighted by atomic mass is 35.5. The summed E-state index contributed by atoms with van der Waals surface area (Å²) in [5.74, 6) is -0.0354. The second-order valence-electron chi connectivity index (χ2n) is 3.85. The predicted molar refractivity (Wildman–Crippen MR) is 62.3 cm³/mol. The molecule has 1 aromatic carbocycles. The van der Waals surface area contributed by atoms with Crippen molar-refractivity contribution in [1.29, 1.82) is 0 Å². The molecule has 0 bridgehead atoms. The van der Waals surface area contributed by atoms with Crippen LogP contribution in [0, 0.1) is 5.92 Å². The molecule has 2 atom stereocenters. The van der Waals surface area contributed by atoms with Crippen LogP contribution in [0.5, 0.6) is 0 Å². The van der Waals surface area contributed by atoms with Gasteiger partial charge in [-0.15, -0.1) is 0 Å². The molecule has 0 radical (unpaired) electrons. The molecule has 0 heterocycles. The summed E-state index contributed by atoms with van der Waals surface area (Å²) in [6.07, 6.45) is -1.81. The average molecular weight is 249 g/mol.